The molecule has 0 radical (unpaired) electrons. The zero-order valence-electron chi connectivity index (χ0n) is 11.2. The van der Waals surface area contributed by atoms with Gasteiger partial charge in [0.05, 0.1) is 6.04 Å². The Hall–Kier alpha value is -0.570. The van der Waals surface area contributed by atoms with E-state index < -0.39 is 0 Å². The molecule has 100 valence electrons. The van der Waals surface area contributed by atoms with E-state index >= 15 is 0 Å². The van der Waals surface area contributed by atoms with Crippen molar-refractivity contribution in [3.8, 4) is 0 Å². The molecule has 0 aromatic rings. The van der Waals surface area contributed by atoms with Crippen LogP contribution in [0.5, 0.6) is 0 Å². The highest BCUT2D eigenvalue weighted by atomic mass is 16.1. The number of nitrogens with one attached hydrogen (secondary N) is 1. The largest absolute Gasteiger partial charge is 0.368 e. The second-order valence-electron chi connectivity index (χ2n) is 5.36. The molecule has 0 bridgehead atoms. The van der Waals surface area contributed by atoms with Gasteiger partial charge in [0.1, 0.15) is 0 Å². The van der Waals surface area contributed by atoms with Crippen molar-refractivity contribution in [2.75, 3.05) is 6.54 Å². The number of hydrogen-bond donors (Lipinski definition) is 2. The number of carbonyl (C=O) groups is 1. The summed E-state index contributed by atoms with van der Waals surface area (Å²) in [5, 5.41) is 3.19. The summed E-state index contributed by atoms with van der Waals surface area (Å²) in [4.78, 5) is 11.1. The summed E-state index contributed by atoms with van der Waals surface area (Å²) >= 11 is 0. The molecule has 2 unspecified atom stereocenters. The molecular formula is C14H28N2O. The average Bonchev–Trinajstić information content (AvgIpc) is 2.34. The second-order valence-corrected chi connectivity index (χ2v) is 5.36. The summed E-state index contributed by atoms with van der Waals surface area (Å²) in [6.07, 6.45) is 11.5. The molecule has 0 aliphatic carbocycles. The molecule has 17 heavy (non-hydrogen) atoms. The van der Waals surface area contributed by atoms with Gasteiger partial charge in [0.15, 0.2) is 0 Å². The first kappa shape index (κ1) is 14.5. The Balaban J connectivity index is 2.04. The van der Waals surface area contributed by atoms with Crippen molar-refractivity contribution >= 4 is 5.91 Å². The van der Waals surface area contributed by atoms with E-state index in [9.17, 15) is 4.79 Å². The van der Waals surface area contributed by atoms with E-state index in [-0.39, 0.29) is 11.9 Å². The molecule has 1 rings (SSSR count). The molecule has 0 aromatic carbocycles. The van der Waals surface area contributed by atoms with Crippen LogP contribution in [0.15, 0.2) is 0 Å². The maximum Gasteiger partial charge on any atom is 0.234 e. The number of unbranched alkanes of at least 4 members (excludes halogenated alkanes) is 5. The van der Waals surface area contributed by atoms with Gasteiger partial charge in [-0.3, -0.25) is 4.79 Å². The third-order valence-corrected chi connectivity index (χ3v) is 3.82. The Morgan fingerprint density at radius 2 is 1.94 bits per heavy atom. The van der Waals surface area contributed by atoms with Crippen LogP contribution in [0, 0.1) is 5.92 Å². The van der Waals surface area contributed by atoms with E-state index in [4.69, 9.17) is 5.73 Å². The topological polar surface area (TPSA) is 55.1 Å². The van der Waals surface area contributed by atoms with Gasteiger partial charge in [-0.2, -0.15) is 0 Å². The minimum absolute atomic E-state index is 0.0751. The number of rotatable bonds is 8. The van der Waals surface area contributed by atoms with Crippen molar-refractivity contribution in [1.29, 1.82) is 0 Å². The van der Waals surface area contributed by atoms with Crippen LogP contribution in [0.25, 0.3) is 0 Å². The molecule has 0 spiro atoms. The number of hydrogen-bond acceptors (Lipinski definition) is 2. The lowest BCUT2D eigenvalue weighted by Crippen LogP contribution is -2.46. The summed E-state index contributed by atoms with van der Waals surface area (Å²) in [6, 6.07) is -0.0751. The van der Waals surface area contributed by atoms with Crippen molar-refractivity contribution in [2.24, 2.45) is 11.7 Å². The lowest BCUT2D eigenvalue weighted by atomic mass is 9.87. The molecule has 2 atom stereocenters. The fraction of sp³-hybridized carbons (Fsp3) is 0.929. The van der Waals surface area contributed by atoms with Gasteiger partial charge in [0.25, 0.3) is 0 Å². The van der Waals surface area contributed by atoms with Crippen molar-refractivity contribution in [1.82, 2.24) is 5.32 Å². The van der Waals surface area contributed by atoms with Crippen LogP contribution in [0.2, 0.25) is 0 Å². The van der Waals surface area contributed by atoms with Crippen LogP contribution in [-0.4, -0.2) is 18.5 Å². The maximum atomic E-state index is 11.1. The molecule has 3 N–H and O–H groups in total. The second kappa shape index (κ2) is 8.51. The molecule has 1 saturated heterocycles. The van der Waals surface area contributed by atoms with Gasteiger partial charge >= 0.3 is 0 Å². The van der Waals surface area contributed by atoms with Crippen molar-refractivity contribution in [2.45, 2.75) is 70.8 Å². The fourth-order valence-electron chi connectivity index (χ4n) is 2.69. The van der Waals surface area contributed by atoms with E-state index in [2.05, 4.69) is 12.2 Å². The van der Waals surface area contributed by atoms with Crippen LogP contribution in [0.1, 0.15) is 64.7 Å². The Morgan fingerprint density at radius 1 is 1.24 bits per heavy atom. The molecule has 3 nitrogen and oxygen atoms in total. The van der Waals surface area contributed by atoms with Gasteiger partial charge in [0.2, 0.25) is 5.91 Å². The predicted molar refractivity (Wildman–Crippen MR) is 71.7 cm³/mol. The Kier molecular flexibility index (Phi) is 7.25. The van der Waals surface area contributed by atoms with E-state index in [1.807, 2.05) is 0 Å². The highest BCUT2D eigenvalue weighted by molar-refractivity contribution is 5.79. The molecule has 1 fully saturated rings. The van der Waals surface area contributed by atoms with Gasteiger partial charge in [0, 0.05) is 0 Å². The first-order valence-electron chi connectivity index (χ1n) is 7.26. The average molecular weight is 240 g/mol. The van der Waals surface area contributed by atoms with Gasteiger partial charge in [-0.25, -0.2) is 0 Å². The van der Waals surface area contributed by atoms with Crippen LogP contribution < -0.4 is 11.1 Å². The molecule has 1 heterocycles. The highest BCUT2D eigenvalue weighted by Gasteiger charge is 2.24. The summed E-state index contributed by atoms with van der Waals surface area (Å²) < 4.78 is 0. The summed E-state index contributed by atoms with van der Waals surface area (Å²) in [5.41, 5.74) is 5.34. The summed E-state index contributed by atoms with van der Waals surface area (Å²) in [7, 11) is 0. The van der Waals surface area contributed by atoms with Gasteiger partial charge in [-0.05, 0) is 25.3 Å². The van der Waals surface area contributed by atoms with Crippen LogP contribution in [-0.2, 0) is 4.79 Å². The molecule has 0 saturated carbocycles. The van der Waals surface area contributed by atoms with Gasteiger partial charge in [-0.1, -0.05) is 51.9 Å². The highest BCUT2D eigenvalue weighted by Crippen LogP contribution is 2.22. The number of carbonyl (C=O) groups excluding carboxylic acids is 1. The minimum atomic E-state index is -0.183. The molecule has 1 aliphatic rings. The van der Waals surface area contributed by atoms with E-state index in [0.29, 0.717) is 5.92 Å². The van der Waals surface area contributed by atoms with E-state index in [1.165, 1.54) is 51.4 Å². The van der Waals surface area contributed by atoms with Crippen LogP contribution >= 0.6 is 0 Å². The lowest BCUT2D eigenvalue weighted by Gasteiger charge is -2.28. The van der Waals surface area contributed by atoms with Crippen molar-refractivity contribution < 1.29 is 4.79 Å². The zero-order valence-corrected chi connectivity index (χ0v) is 11.2. The Labute approximate surface area is 106 Å². The summed E-state index contributed by atoms with van der Waals surface area (Å²) in [6.45, 7) is 3.20. The molecule has 0 aromatic heterocycles. The zero-order chi connectivity index (χ0) is 12.5. The third-order valence-electron chi connectivity index (χ3n) is 3.82. The Morgan fingerprint density at radius 3 is 2.65 bits per heavy atom. The molecular weight excluding hydrogens is 212 g/mol. The van der Waals surface area contributed by atoms with Crippen molar-refractivity contribution in [3.63, 3.8) is 0 Å². The number of piperidine rings is 1. The lowest BCUT2D eigenvalue weighted by molar-refractivity contribution is -0.120. The first-order chi connectivity index (χ1) is 8.24. The number of amides is 1. The number of nitrogens with two attached hydrogens (primary N) is 1. The van der Waals surface area contributed by atoms with Gasteiger partial charge in [-0.15, -0.1) is 0 Å². The fourth-order valence-corrected chi connectivity index (χ4v) is 2.69. The normalized spacial score (nSPS) is 24.8. The van der Waals surface area contributed by atoms with E-state index in [1.54, 1.807) is 0 Å². The monoisotopic (exact) mass is 240 g/mol. The van der Waals surface area contributed by atoms with Crippen molar-refractivity contribution in [3.05, 3.63) is 0 Å². The van der Waals surface area contributed by atoms with Crippen LogP contribution in [0.3, 0.4) is 0 Å². The number of primary amides is 1. The quantitative estimate of drug-likeness (QED) is 0.641. The van der Waals surface area contributed by atoms with Gasteiger partial charge < -0.3 is 11.1 Å². The third kappa shape index (κ3) is 6.06. The molecule has 3 heteroatoms. The maximum absolute atomic E-state index is 11.1. The molecule has 1 aliphatic heterocycles. The Bertz CT molecular complexity index is 218. The summed E-state index contributed by atoms with van der Waals surface area (Å²) in [5.74, 6) is 0.526. The van der Waals surface area contributed by atoms with E-state index in [0.717, 1.165) is 13.0 Å². The molecule has 1 amide bonds. The standard InChI is InChI=1S/C14H28N2O/c1-2-3-4-5-6-7-8-12-9-10-16-13(11-12)14(15)17/h12-13,16H,2-11H2,1H3,(H2,15,17). The van der Waals surface area contributed by atoms with Crippen LogP contribution in [0.4, 0.5) is 0 Å². The minimum Gasteiger partial charge on any atom is -0.368 e. The smallest absolute Gasteiger partial charge is 0.234 e. The predicted octanol–water partition coefficient (Wildman–Crippen LogP) is 2.59. The SMILES string of the molecule is CCCCCCCCC1CCNC(C(N)=O)C1. The first-order valence-corrected chi connectivity index (χ1v) is 7.26.